The molecule has 0 amide bonds. The van der Waals surface area contributed by atoms with Gasteiger partial charge in [-0.1, -0.05) is 18.5 Å². The Balaban J connectivity index is 1.84. The summed E-state index contributed by atoms with van der Waals surface area (Å²) in [6, 6.07) is 3.91. The van der Waals surface area contributed by atoms with E-state index in [0.717, 1.165) is 75.6 Å². The van der Waals surface area contributed by atoms with Gasteiger partial charge in [-0.15, -0.1) is 0 Å². The zero-order valence-corrected chi connectivity index (χ0v) is 17.3. The maximum Gasteiger partial charge on any atom is 0.418 e. The number of likely N-dealkylation sites (tertiary alicyclic amines) is 1. The zero-order valence-electron chi connectivity index (χ0n) is 16.5. The maximum absolute atomic E-state index is 13.8. The van der Waals surface area contributed by atoms with Crippen molar-refractivity contribution in [3.05, 3.63) is 40.0 Å². The summed E-state index contributed by atoms with van der Waals surface area (Å²) in [7, 11) is 0. The van der Waals surface area contributed by atoms with Gasteiger partial charge in [-0.3, -0.25) is 0 Å². The van der Waals surface area contributed by atoms with Gasteiger partial charge in [0.25, 0.3) is 0 Å². The summed E-state index contributed by atoms with van der Waals surface area (Å²) in [6.07, 6.45) is 0.445. The van der Waals surface area contributed by atoms with Crippen molar-refractivity contribution in [3.63, 3.8) is 0 Å². The SMILES string of the molecule is CCN1CCCC(c2nn(-c3ccc(Cl)cc3C(F)(F)F)c3c2CCCCN3)C1. The Hall–Kier alpha value is -1.73. The molecule has 1 unspecified atom stereocenters. The molecule has 2 aliphatic heterocycles. The predicted molar refractivity (Wildman–Crippen MR) is 109 cm³/mol. The van der Waals surface area contributed by atoms with E-state index in [-0.39, 0.29) is 16.6 Å². The monoisotopic (exact) mass is 426 g/mol. The van der Waals surface area contributed by atoms with E-state index in [1.807, 2.05) is 0 Å². The molecule has 4 nitrogen and oxygen atoms in total. The highest BCUT2D eigenvalue weighted by atomic mass is 35.5. The molecule has 1 saturated heterocycles. The third kappa shape index (κ3) is 4.12. The lowest BCUT2D eigenvalue weighted by molar-refractivity contribution is -0.137. The highest BCUT2D eigenvalue weighted by Gasteiger charge is 2.36. The molecule has 0 aliphatic carbocycles. The first-order chi connectivity index (χ1) is 13.9. The van der Waals surface area contributed by atoms with Crippen molar-refractivity contribution < 1.29 is 13.2 Å². The van der Waals surface area contributed by atoms with E-state index < -0.39 is 11.7 Å². The van der Waals surface area contributed by atoms with E-state index in [1.165, 1.54) is 16.8 Å². The molecule has 1 fully saturated rings. The van der Waals surface area contributed by atoms with E-state index in [4.69, 9.17) is 16.7 Å². The van der Waals surface area contributed by atoms with Crippen LogP contribution in [0.5, 0.6) is 0 Å². The highest BCUT2D eigenvalue weighted by Crippen LogP contribution is 2.40. The van der Waals surface area contributed by atoms with Gasteiger partial charge in [0.1, 0.15) is 5.82 Å². The number of halogens is 4. The standard InChI is InChI=1S/C21H26ClF3N4/c1-2-28-11-5-6-14(13-28)19-16-7-3-4-10-26-20(16)29(27-19)18-9-8-15(22)12-17(18)21(23,24)25/h8-9,12,14,26H,2-7,10-11,13H2,1H3. The smallest absolute Gasteiger partial charge is 0.370 e. The number of nitrogens with zero attached hydrogens (tertiary/aromatic N) is 3. The molecule has 0 spiro atoms. The molecule has 1 atom stereocenters. The van der Waals surface area contributed by atoms with Crippen LogP contribution in [-0.2, 0) is 12.6 Å². The van der Waals surface area contributed by atoms with Crippen LogP contribution in [0.4, 0.5) is 19.0 Å². The fourth-order valence-corrected chi connectivity index (χ4v) is 4.69. The van der Waals surface area contributed by atoms with Gasteiger partial charge in [-0.25, -0.2) is 4.68 Å². The van der Waals surface area contributed by atoms with Crippen molar-refractivity contribution in [3.8, 4) is 5.69 Å². The fraction of sp³-hybridized carbons (Fsp3) is 0.571. The normalized spacial score (nSPS) is 20.8. The molecular formula is C21H26ClF3N4. The molecule has 1 aromatic heterocycles. The van der Waals surface area contributed by atoms with Gasteiger partial charge in [0.05, 0.1) is 16.9 Å². The number of likely N-dealkylation sites (N-methyl/N-ethyl adjacent to an activating group) is 1. The minimum Gasteiger partial charge on any atom is -0.370 e. The average Bonchev–Trinajstić information content (AvgIpc) is 2.88. The fourth-order valence-electron chi connectivity index (χ4n) is 4.52. The van der Waals surface area contributed by atoms with Crippen LogP contribution < -0.4 is 5.32 Å². The lowest BCUT2D eigenvalue weighted by Gasteiger charge is -2.31. The summed E-state index contributed by atoms with van der Waals surface area (Å²) < 4.78 is 42.7. The molecule has 3 heterocycles. The molecule has 0 saturated carbocycles. The molecule has 0 radical (unpaired) electrons. The summed E-state index contributed by atoms with van der Waals surface area (Å²) in [5.41, 5.74) is 1.30. The van der Waals surface area contributed by atoms with E-state index in [0.29, 0.717) is 5.82 Å². The van der Waals surface area contributed by atoms with Gasteiger partial charge in [-0.2, -0.15) is 18.3 Å². The molecule has 0 bridgehead atoms. The lowest BCUT2D eigenvalue weighted by atomic mass is 9.91. The minimum absolute atomic E-state index is 0.0296. The van der Waals surface area contributed by atoms with Crippen LogP contribution in [-0.4, -0.2) is 40.9 Å². The molecule has 8 heteroatoms. The highest BCUT2D eigenvalue weighted by molar-refractivity contribution is 6.30. The van der Waals surface area contributed by atoms with Crippen molar-refractivity contribution in [1.29, 1.82) is 0 Å². The van der Waals surface area contributed by atoms with E-state index in [1.54, 1.807) is 0 Å². The number of hydrogen-bond acceptors (Lipinski definition) is 3. The lowest BCUT2D eigenvalue weighted by Crippen LogP contribution is -2.34. The molecule has 29 heavy (non-hydrogen) atoms. The van der Waals surface area contributed by atoms with Crippen molar-refractivity contribution in [2.24, 2.45) is 0 Å². The number of fused-ring (bicyclic) bond motifs is 1. The van der Waals surface area contributed by atoms with Crippen LogP contribution in [0, 0.1) is 0 Å². The number of benzene rings is 1. The molecular weight excluding hydrogens is 401 g/mol. The Bertz CT molecular complexity index is 878. The van der Waals surface area contributed by atoms with Crippen molar-refractivity contribution in [2.45, 2.75) is 51.1 Å². The third-order valence-electron chi connectivity index (χ3n) is 5.99. The third-order valence-corrected chi connectivity index (χ3v) is 6.23. The van der Waals surface area contributed by atoms with Crippen molar-refractivity contribution in [1.82, 2.24) is 14.7 Å². The molecule has 158 valence electrons. The van der Waals surface area contributed by atoms with Crippen molar-refractivity contribution >= 4 is 17.4 Å². The van der Waals surface area contributed by atoms with Crippen molar-refractivity contribution in [2.75, 3.05) is 31.5 Å². The number of anilines is 1. The summed E-state index contributed by atoms with van der Waals surface area (Å²) in [4.78, 5) is 2.40. The number of aromatic nitrogens is 2. The Kier molecular flexibility index (Phi) is 5.80. The summed E-state index contributed by atoms with van der Waals surface area (Å²) in [5.74, 6) is 0.958. The summed E-state index contributed by atoms with van der Waals surface area (Å²) in [6.45, 7) is 5.84. The molecule has 1 aromatic carbocycles. The van der Waals surface area contributed by atoms with Crippen LogP contribution in [0.1, 0.15) is 55.3 Å². The van der Waals surface area contributed by atoms with Crippen LogP contribution in [0.25, 0.3) is 5.69 Å². The predicted octanol–water partition coefficient (Wildman–Crippen LogP) is 5.49. The molecule has 4 rings (SSSR count). The Morgan fingerprint density at radius 1 is 1.24 bits per heavy atom. The number of rotatable bonds is 3. The van der Waals surface area contributed by atoms with Crippen LogP contribution >= 0.6 is 11.6 Å². The van der Waals surface area contributed by atoms with E-state index in [2.05, 4.69) is 17.1 Å². The molecule has 1 N–H and O–H groups in total. The molecule has 2 aliphatic rings. The van der Waals surface area contributed by atoms with E-state index in [9.17, 15) is 13.2 Å². The first kappa shape index (κ1) is 20.5. The maximum atomic E-state index is 13.8. The first-order valence-corrected chi connectivity index (χ1v) is 10.7. The van der Waals surface area contributed by atoms with Gasteiger partial charge in [-0.05, 0) is 63.4 Å². The van der Waals surface area contributed by atoms with Crippen LogP contribution in [0.3, 0.4) is 0 Å². The quantitative estimate of drug-likeness (QED) is 0.704. The van der Waals surface area contributed by atoms with Gasteiger partial charge in [0, 0.05) is 29.6 Å². The largest absolute Gasteiger partial charge is 0.418 e. The summed E-state index contributed by atoms with van der Waals surface area (Å²) in [5, 5.41) is 8.21. The van der Waals surface area contributed by atoms with Crippen LogP contribution in [0.15, 0.2) is 18.2 Å². The van der Waals surface area contributed by atoms with E-state index >= 15 is 0 Å². The molecule has 2 aromatic rings. The van der Waals surface area contributed by atoms with Gasteiger partial charge in [0.2, 0.25) is 0 Å². The zero-order chi connectivity index (χ0) is 20.6. The second-order valence-corrected chi connectivity index (χ2v) is 8.34. The van der Waals surface area contributed by atoms with Gasteiger partial charge >= 0.3 is 6.18 Å². The number of hydrogen-bond donors (Lipinski definition) is 1. The Morgan fingerprint density at radius 2 is 2.07 bits per heavy atom. The first-order valence-electron chi connectivity index (χ1n) is 10.3. The minimum atomic E-state index is -4.51. The second kappa shape index (κ2) is 8.19. The van der Waals surface area contributed by atoms with Gasteiger partial charge in [0.15, 0.2) is 0 Å². The van der Waals surface area contributed by atoms with Gasteiger partial charge < -0.3 is 10.2 Å². The number of piperidine rings is 1. The average molecular weight is 427 g/mol. The Labute approximate surface area is 174 Å². The second-order valence-electron chi connectivity index (χ2n) is 7.90. The summed E-state index contributed by atoms with van der Waals surface area (Å²) >= 11 is 5.89. The van der Waals surface area contributed by atoms with Crippen LogP contribution in [0.2, 0.25) is 5.02 Å². The Morgan fingerprint density at radius 3 is 2.83 bits per heavy atom. The number of alkyl halides is 3. The number of nitrogens with one attached hydrogen (secondary N) is 1. The topological polar surface area (TPSA) is 33.1 Å².